The van der Waals surface area contributed by atoms with Crippen molar-refractivity contribution in [1.82, 2.24) is 4.90 Å². The quantitative estimate of drug-likeness (QED) is 0.681. The molecule has 0 bridgehead atoms. The third-order valence-electron chi connectivity index (χ3n) is 5.60. The van der Waals surface area contributed by atoms with Gasteiger partial charge in [0.2, 0.25) is 0 Å². The number of ether oxygens (including phenoxy) is 3. The molecular formula is C22H34N2O3. The first-order valence-corrected chi connectivity index (χ1v) is 10.5. The Kier molecular flexibility index (Phi) is 5.36. The minimum atomic E-state index is -0.546. The van der Waals surface area contributed by atoms with Crippen LogP contribution in [0, 0.1) is 5.41 Å². The normalized spacial score (nSPS) is 25.5. The highest BCUT2D eigenvalue weighted by Gasteiger charge is 2.54. The fourth-order valence-corrected chi connectivity index (χ4v) is 4.01. The van der Waals surface area contributed by atoms with Crippen molar-refractivity contribution < 1.29 is 14.2 Å². The van der Waals surface area contributed by atoms with E-state index in [9.17, 15) is 0 Å². The molecule has 0 saturated carbocycles. The second-order valence-corrected chi connectivity index (χ2v) is 9.29. The minimum absolute atomic E-state index is 0.132. The van der Waals surface area contributed by atoms with Crippen molar-refractivity contribution in [3.05, 3.63) is 23.8 Å². The molecule has 27 heavy (non-hydrogen) atoms. The van der Waals surface area contributed by atoms with Crippen LogP contribution in [0.3, 0.4) is 0 Å². The van der Waals surface area contributed by atoms with E-state index < -0.39 is 5.91 Å². The van der Waals surface area contributed by atoms with Gasteiger partial charge in [-0.1, -0.05) is 27.2 Å². The predicted octanol–water partition coefficient (Wildman–Crippen LogP) is 3.66. The number of hydrogen-bond acceptors (Lipinski definition) is 5. The lowest BCUT2D eigenvalue weighted by atomic mass is 9.99. The molecule has 2 saturated heterocycles. The fraction of sp³-hybridized carbons (Fsp3) is 0.727. The van der Waals surface area contributed by atoms with Gasteiger partial charge in [-0.25, -0.2) is 0 Å². The lowest BCUT2D eigenvalue weighted by Crippen LogP contribution is -2.41. The van der Waals surface area contributed by atoms with Crippen LogP contribution in [-0.4, -0.2) is 56.8 Å². The van der Waals surface area contributed by atoms with Crippen molar-refractivity contribution in [2.75, 3.05) is 50.9 Å². The Morgan fingerprint density at radius 3 is 2.59 bits per heavy atom. The van der Waals surface area contributed by atoms with Crippen LogP contribution in [0.1, 0.15) is 45.6 Å². The maximum Gasteiger partial charge on any atom is 0.277 e. The molecule has 3 heterocycles. The van der Waals surface area contributed by atoms with Gasteiger partial charge in [-0.2, -0.15) is 0 Å². The first-order chi connectivity index (χ1) is 13.0. The van der Waals surface area contributed by atoms with E-state index in [0.717, 1.165) is 31.9 Å². The monoisotopic (exact) mass is 374 g/mol. The van der Waals surface area contributed by atoms with Crippen LogP contribution < -0.4 is 9.64 Å². The van der Waals surface area contributed by atoms with E-state index >= 15 is 0 Å². The van der Waals surface area contributed by atoms with Crippen LogP contribution in [0.4, 0.5) is 5.69 Å². The van der Waals surface area contributed by atoms with Gasteiger partial charge < -0.3 is 19.1 Å². The number of piperidine rings is 1. The molecule has 4 rings (SSSR count). The van der Waals surface area contributed by atoms with E-state index in [1.807, 2.05) is 0 Å². The Bertz CT molecular complexity index is 645. The summed E-state index contributed by atoms with van der Waals surface area (Å²) in [6.07, 6.45) is 5.05. The summed E-state index contributed by atoms with van der Waals surface area (Å²) in [5.41, 5.74) is 2.69. The van der Waals surface area contributed by atoms with Crippen LogP contribution in [0.2, 0.25) is 0 Å². The zero-order chi connectivity index (χ0) is 18.9. The Balaban J connectivity index is 1.33. The summed E-state index contributed by atoms with van der Waals surface area (Å²) < 4.78 is 18.0. The van der Waals surface area contributed by atoms with Crippen molar-refractivity contribution in [3.63, 3.8) is 0 Å². The summed E-state index contributed by atoms with van der Waals surface area (Å²) in [6.45, 7) is 13.1. The summed E-state index contributed by atoms with van der Waals surface area (Å²) in [6, 6.07) is 6.46. The average Bonchev–Trinajstić information content (AvgIpc) is 3.32. The molecule has 2 fully saturated rings. The SMILES string of the molecule is CC(C)(C)COC1(N2CCc3cc(OCCN4CCCCC4)ccc32)CO1. The maximum absolute atomic E-state index is 6.18. The number of rotatable bonds is 7. The van der Waals surface area contributed by atoms with E-state index in [1.165, 1.54) is 43.6 Å². The Labute approximate surface area is 163 Å². The molecule has 1 aromatic rings. The molecule has 3 aliphatic heterocycles. The van der Waals surface area contributed by atoms with Crippen molar-refractivity contribution >= 4 is 5.69 Å². The second kappa shape index (κ2) is 7.61. The van der Waals surface area contributed by atoms with Crippen LogP contribution in [0.25, 0.3) is 0 Å². The molecule has 0 aromatic heterocycles. The summed E-state index contributed by atoms with van der Waals surface area (Å²) in [7, 11) is 0. The minimum Gasteiger partial charge on any atom is -0.492 e. The highest BCUT2D eigenvalue weighted by atomic mass is 16.8. The molecule has 0 amide bonds. The van der Waals surface area contributed by atoms with Gasteiger partial charge in [0.05, 0.1) is 6.61 Å². The van der Waals surface area contributed by atoms with Gasteiger partial charge in [-0.05, 0) is 61.5 Å². The maximum atomic E-state index is 6.18. The lowest BCUT2D eigenvalue weighted by Gasteiger charge is -2.30. The average molecular weight is 375 g/mol. The number of anilines is 1. The first kappa shape index (κ1) is 19.0. The van der Waals surface area contributed by atoms with Gasteiger partial charge in [0, 0.05) is 18.8 Å². The Hall–Kier alpha value is -1.30. The molecule has 1 aromatic carbocycles. The largest absolute Gasteiger partial charge is 0.492 e. The van der Waals surface area contributed by atoms with Gasteiger partial charge in [-0.15, -0.1) is 0 Å². The molecule has 0 radical (unpaired) electrons. The lowest BCUT2D eigenvalue weighted by molar-refractivity contribution is -0.0709. The van der Waals surface area contributed by atoms with E-state index in [0.29, 0.717) is 13.2 Å². The Morgan fingerprint density at radius 1 is 1.11 bits per heavy atom. The highest BCUT2D eigenvalue weighted by Crippen LogP contribution is 2.43. The molecular weight excluding hydrogens is 340 g/mol. The topological polar surface area (TPSA) is 37.5 Å². The van der Waals surface area contributed by atoms with Gasteiger partial charge >= 0.3 is 0 Å². The smallest absolute Gasteiger partial charge is 0.277 e. The van der Waals surface area contributed by atoms with E-state index in [4.69, 9.17) is 14.2 Å². The Morgan fingerprint density at radius 2 is 1.89 bits per heavy atom. The third-order valence-corrected chi connectivity index (χ3v) is 5.60. The molecule has 1 atom stereocenters. The third kappa shape index (κ3) is 4.58. The van der Waals surface area contributed by atoms with Crippen molar-refractivity contribution in [1.29, 1.82) is 0 Å². The molecule has 150 valence electrons. The molecule has 0 N–H and O–H groups in total. The number of likely N-dealkylation sites (tertiary alicyclic amines) is 1. The zero-order valence-corrected chi connectivity index (χ0v) is 17.1. The zero-order valence-electron chi connectivity index (χ0n) is 17.1. The molecule has 5 heteroatoms. The van der Waals surface area contributed by atoms with Crippen LogP contribution >= 0.6 is 0 Å². The van der Waals surface area contributed by atoms with Crippen molar-refractivity contribution in [2.45, 2.75) is 52.4 Å². The fourth-order valence-electron chi connectivity index (χ4n) is 4.01. The van der Waals surface area contributed by atoms with Gasteiger partial charge in [0.25, 0.3) is 5.91 Å². The van der Waals surface area contributed by atoms with Crippen molar-refractivity contribution in [2.24, 2.45) is 5.41 Å². The number of epoxide rings is 1. The first-order valence-electron chi connectivity index (χ1n) is 10.5. The van der Waals surface area contributed by atoms with Gasteiger partial charge in [0.1, 0.15) is 19.0 Å². The van der Waals surface area contributed by atoms with E-state index in [-0.39, 0.29) is 5.41 Å². The number of fused-ring (bicyclic) bond motifs is 1. The second-order valence-electron chi connectivity index (χ2n) is 9.29. The van der Waals surface area contributed by atoms with Gasteiger partial charge in [-0.3, -0.25) is 4.90 Å². The van der Waals surface area contributed by atoms with Crippen LogP contribution in [-0.2, 0) is 15.9 Å². The molecule has 5 nitrogen and oxygen atoms in total. The standard InChI is InChI=1S/C22H34N2O3/c1-21(2,3)16-26-22(17-27-22)24-12-9-18-15-19(7-8-20(18)24)25-14-13-23-10-5-4-6-11-23/h7-8,15H,4-6,9-14,16-17H2,1-3H3. The van der Waals surface area contributed by atoms with E-state index in [2.05, 4.69) is 48.8 Å². The summed E-state index contributed by atoms with van der Waals surface area (Å²) in [4.78, 5) is 4.80. The molecule has 3 aliphatic rings. The summed E-state index contributed by atoms with van der Waals surface area (Å²) >= 11 is 0. The summed E-state index contributed by atoms with van der Waals surface area (Å²) in [5.74, 6) is 0.434. The summed E-state index contributed by atoms with van der Waals surface area (Å²) in [5, 5.41) is 0. The number of nitrogens with zero attached hydrogens (tertiary/aromatic N) is 2. The molecule has 1 unspecified atom stereocenters. The van der Waals surface area contributed by atoms with Crippen LogP contribution in [0.5, 0.6) is 5.75 Å². The molecule has 0 spiro atoms. The predicted molar refractivity (Wildman–Crippen MR) is 107 cm³/mol. The van der Waals surface area contributed by atoms with Crippen LogP contribution in [0.15, 0.2) is 18.2 Å². The van der Waals surface area contributed by atoms with E-state index in [1.54, 1.807) is 0 Å². The highest BCUT2D eigenvalue weighted by molar-refractivity contribution is 5.61. The van der Waals surface area contributed by atoms with Crippen molar-refractivity contribution in [3.8, 4) is 5.75 Å². The number of benzene rings is 1. The number of hydrogen-bond donors (Lipinski definition) is 0. The van der Waals surface area contributed by atoms with Gasteiger partial charge in [0.15, 0.2) is 0 Å². The molecule has 0 aliphatic carbocycles.